The minimum Gasteiger partial charge on any atom is -0.468 e. The molecule has 0 saturated heterocycles. The average Bonchev–Trinajstić information content (AvgIpc) is 2.26. The molecule has 0 aliphatic heterocycles. The van der Waals surface area contributed by atoms with Crippen molar-refractivity contribution in [3.8, 4) is 0 Å². The first-order valence-corrected chi connectivity index (χ1v) is 6.86. The number of halogens is 1. The Hall–Kier alpha value is -0.480. The number of methoxy groups -OCH3 is 1. The Morgan fingerprint density at radius 3 is 2.75 bits per heavy atom. The second kappa shape index (κ2) is 6.30. The average molecular weight is 303 g/mol. The Bertz CT molecular complexity index is 379. The maximum absolute atomic E-state index is 11.2. The van der Waals surface area contributed by atoms with Gasteiger partial charge in [-0.2, -0.15) is 0 Å². The van der Waals surface area contributed by atoms with Crippen molar-refractivity contribution in [3.05, 3.63) is 29.3 Å². The van der Waals surface area contributed by atoms with E-state index in [4.69, 9.17) is 0 Å². The van der Waals surface area contributed by atoms with Gasteiger partial charge in [0, 0.05) is 10.6 Å². The molecule has 0 fully saturated rings. The van der Waals surface area contributed by atoms with Crippen LogP contribution in [0, 0.1) is 13.8 Å². The third-order valence-electron chi connectivity index (χ3n) is 2.17. The number of thioether (sulfide) groups is 1. The summed E-state index contributed by atoms with van der Waals surface area (Å²) in [6.45, 7) is 4.15. The first kappa shape index (κ1) is 13.6. The fraction of sp³-hybridized carbons (Fsp3) is 0.417. The number of carbonyl (C=O) groups excluding carboxylic acids is 1. The number of carbonyl (C=O) groups is 1. The third-order valence-corrected chi connectivity index (χ3v) is 4.57. The molecular weight excluding hydrogens is 288 g/mol. The number of aryl methyl sites for hydroxylation is 2. The predicted octanol–water partition coefficient (Wildman–Crippen LogP) is 3.33. The lowest BCUT2D eigenvalue weighted by Gasteiger charge is -2.09. The zero-order valence-electron chi connectivity index (χ0n) is 9.62. The van der Waals surface area contributed by atoms with Crippen molar-refractivity contribution in [1.29, 1.82) is 0 Å². The minimum atomic E-state index is -0.247. The van der Waals surface area contributed by atoms with Gasteiger partial charge >= 0.3 is 5.97 Å². The van der Waals surface area contributed by atoms with Crippen molar-refractivity contribution >= 4 is 33.7 Å². The Balaban J connectivity index is 2.58. The molecule has 0 bridgehead atoms. The zero-order chi connectivity index (χ0) is 12.1. The lowest BCUT2D eigenvalue weighted by atomic mass is 10.2. The van der Waals surface area contributed by atoms with Gasteiger partial charge in [0.15, 0.2) is 0 Å². The topological polar surface area (TPSA) is 26.3 Å². The number of esters is 1. The van der Waals surface area contributed by atoms with Crippen LogP contribution in [0.4, 0.5) is 0 Å². The van der Waals surface area contributed by atoms with Gasteiger partial charge in [0.2, 0.25) is 0 Å². The van der Waals surface area contributed by atoms with Crippen LogP contribution in [-0.4, -0.2) is 23.7 Å². The number of rotatable bonds is 4. The Morgan fingerprint density at radius 2 is 2.19 bits per heavy atom. The lowest BCUT2D eigenvalue weighted by Crippen LogP contribution is -2.17. The molecule has 1 rings (SSSR count). The van der Waals surface area contributed by atoms with Crippen molar-refractivity contribution in [3.63, 3.8) is 0 Å². The van der Waals surface area contributed by atoms with Crippen molar-refractivity contribution < 1.29 is 9.53 Å². The summed E-state index contributed by atoms with van der Waals surface area (Å²) in [6, 6.07) is 6.31. The van der Waals surface area contributed by atoms with Gasteiger partial charge in [0.1, 0.15) is 4.83 Å². The van der Waals surface area contributed by atoms with Gasteiger partial charge < -0.3 is 4.74 Å². The summed E-state index contributed by atoms with van der Waals surface area (Å²) in [4.78, 5) is 12.1. The molecule has 0 heterocycles. The molecule has 2 nitrogen and oxygen atoms in total. The Kier molecular flexibility index (Phi) is 5.35. The molecule has 1 atom stereocenters. The molecular formula is C12H15BrO2S. The molecule has 1 aromatic rings. The molecule has 88 valence electrons. The van der Waals surface area contributed by atoms with Crippen LogP contribution < -0.4 is 0 Å². The number of hydrogen-bond donors (Lipinski definition) is 0. The largest absolute Gasteiger partial charge is 0.468 e. The zero-order valence-corrected chi connectivity index (χ0v) is 12.0. The van der Waals surface area contributed by atoms with Gasteiger partial charge in [-0.3, -0.25) is 4.79 Å². The van der Waals surface area contributed by atoms with Gasteiger partial charge in [-0.15, -0.1) is 11.8 Å². The van der Waals surface area contributed by atoms with Crippen molar-refractivity contribution in [2.75, 3.05) is 12.9 Å². The minimum absolute atomic E-state index is 0.225. The van der Waals surface area contributed by atoms with Crippen molar-refractivity contribution in [1.82, 2.24) is 0 Å². The second-order valence-corrected chi connectivity index (χ2v) is 5.74. The van der Waals surface area contributed by atoms with Crippen LogP contribution in [0.25, 0.3) is 0 Å². The van der Waals surface area contributed by atoms with E-state index in [-0.39, 0.29) is 10.8 Å². The number of ether oxygens (including phenoxy) is 1. The van der Waals surface area contributed by atoms with Gasteiger partial charge in [-0.1, -0.05) is 33.6 Å². The van der Waals surface area contributed by atoms with E-state index in [1.165, 1.54) is 23.1 Å². The van der Waals surface area contributed by atoms with Crippen LogP contribution in [0.1, 0.15) is 11.1 Å². The summed E-state index contributed by atoms with van der Waals surface area (Å²) < 4.78 is 4.65. The number of hydrogen-bond acceptors (Lipinski definition) is 3. The van der Waals surface area contributed by atoms with E-state index >= 15 is 0 Å². The van der Waals surface area contributed by atoms with Gasteiger partial charge in [0.25, 0.3) is 0 Å². The lowest BCUT2D eigenvalue weighted by molar-refractivity contribution is -0.139. The molecule has 1 unspecified atom stereocenters. The normalized spacial score (nSPS) is 12.2. The van der Waals surface area contributed by atoms with E-state index in [1.54, 1.807) is 11.8 Å². The molecule has 0 radical (unpaired) electrons. The number of benzene rings is 1. The molecule has 0 aliphatic rings. The van der Waals surface area contributed by atoms with Crippen LogP contribution in [0.15, 0.2) is 23.1 Å². The van der Waals surface area contributed by atoms with E-state index in [2.05, 4.69) is 52.7 Å². The molecule has 0 aromatic heterocycles. The first-order valence-electron chi connectivity index (χ1n) is 4.96. The second-order valence-electron chi connectivity index (χ2n) is 3.57. The summed E-state index contributed by atoms with van der Waals surface area (Å²) in [5, 5.41) is 0. The van der Waals surface area contributed by atoms with Crippen LogP contribution in [0.5, 0.6) is 0 Å². The summed E-state index contributed by atoms with van der Waals surface area (Å²) in [6.07, 6.45) is 0. The monoisotopic (exact) mass is 302 g/mol. The number of alkyl halides is 1. The highest BCUT2D eigenvalue weighted by molar-refractivity contribution is 9.10. The molecule has 1 aromatic carbocycles. The van der Waals surface area contributed by atoms with E-state index < -0.39 is 0 Å². The standard InChI is InChI=1S/C12H15BrO2S/c1-8-4-5-11(9(2)6-8)16-7-10(13)12(14)15-3/h4-6,10H,7H2,1-3H3. The summed E-state index contributed by atoms with van der Waals surface area (Å²) in [5.74, 6) is 0.452. The first-order chi connectivity index (χ1) is 7.54. The smallest absolute Gasteiger partial charge is 0.320 e. The molecule has 0 saturated carbocycles. The molecule has 0 N–H and O–H groups in total. The molecule has 0 aliphatic carbocycles. The molecule has 0 spiro atoms. The van der Waals surface area contributed by atoms with E-state index in [9.17, 15) is 4.79 Å². The fourth-order valence-corrected chi connectivity index (χ4v) is 2.82. The summed E-state index contributed by atoms with van der Waals surface area (Å²) in [7, 11) is 1.40. The van der Waals surface area contributed by atoms with E-state index in [0.717, 1.165) is 0 Å². The maximum atomic E-state index is 11.2. The molecule has 0 amide bonds. The molecule has 4 heteroatoms. The predicted molar refractivity (Wildman–Crippen MR) is 71.4 cm³/mol. The Labute approximate surface area is 109 Å². The fourth-order valence-electron chi connectivity index (χ4n) is 1.32. The highest BCUT2D eigenvalue weighted by Gasteiger charge is 2.15. The SMILES string of the molecule is COC(=O)C(Br)CSc1ccc(C)cc1C. The van der Waals surface area contributed by atoms with E-state index in [0.29, 0.717) is 5.75 Å². The van der Waals surface area contributed by atoms with Crippen LogP contribution >= 0.6 is 27.7 Å². The molecule has 16 heavy (non-hydrogen) atoms. The van der Waals surface area contributed by atoms with Crippen molar-refractivity contribution in [2.45, 2.75) is 23.6 Å². The van der Waals surface area contributed by atoms with Gasteiger partial charge in [0.05, 0.1) is 7.11 Å². The van der Waals surface area contributed by atoms with Gasteiger partial charge in [-0.25, -0.2) is 0 Å². The maximum Gasteiger partial charge on any atom is 0.320 e. The summed E-state index contributed by atoms with van der Waals surface area (Å²) >= 11 is 4.96. The quantitative estimate of drug-likeness (QED) is 0.485. The van der Waals surface area contributed by atoms with Crippen LogP contribution in [0.2, 0.25) is 0 Å². The third kappa shape index (κ3) is 3.83. The van der Waals surface area contributed by atoms with Crippen LogP contribution in [0.3, 0.4) is 0 Å². The van der Waals surface area contributed by atoms with E-state index in [1.807, 2.05) is 0 Å². The highest BCUT2D eigenvalue weighted by Crippen LogP contribution is 2.25. The highest BCUT2D eigenvalue weighted by atomic mass is 79.9. The van der Waals surface area contributed by atoms with Crippen molar-refractivity contribution in [2.24, 2.45) is 0 Å². The van der Waals surface area contributed by atoms with Crippen LogP contribution in [-0.2, 0) is 9.53 Å². The Morgan fingerprint density at radius 1 is 1.50 bits per heavy atom. The summed E-state index contributed by atoms with van der Waals surface area (Å²) in [5.41, 5.74) is 2.50. The van der Waals surface area contributed by atoms with Gasteiger partial charge in [-0.05, 0) is 25.5 Å².